The van der Waals surface area contributed by atoms with Crippen molar-refractivity contribution in [3.05, 3.63) is 18.0 Å². The first-order valence-electron chi connectivity index (χ1n) is 6.18. The number of aromatic nitrogens is 2. The van der Waals surface area contributed by atoms with Crippen LogP contribution in [0, 0.1) is 0 Å². The van der Waals surface area contributed by atoms with E-state index in [1.165, 1.54) is 0 Å². The van der Waals surface area contributed by atoms with E-state index in [2.05, 4.69) is 42.8 Å². The molecule has 0 aromatic carbocycles. The molecule has 1 aromatic heterocycles. The van der Waals surface area contributed by atoms with Gasteiger partial charge >= 0.3 is 0 Å². The molecule has 0 radical (unpaired) electrons. The molecule has 1 heterocycles. The summed E-state index contributed by atoms with van der Waals surface area (Å²) >= 11 is 0. The monoisotopic (exact) mass is 253 g/mol. The highest BCUT2D eigenvalue weighted by atomic mass is 16.4. The van der Waals surface area contributed by atoms with Crippen LogP contribution in [0.1, 0.15) is 39.4 Å². The molecule has 6 heteroatoms. The molecule has 0 aliphatic rings. The average molecular weight is 253 g/mol. The van der Waals surface area contributed by atoms with Gasteiger partial charge in [0.25, 0.3) is 0 Å². The highest BCUT2D eigenvalue weighted by Gasteiger charge is 2.14. The molecule has 3 N–H and O–H groups in total. The van der Waals surface area contributed by atoms with E-state index < -0.39 is 0 Å². The fraction of sp³-hybridized carbons (Fsp3) is 0.667. The zero-order valence-corrected chi connectivity index (χ0v) is 11.5. The lowest BCUT2D eigenvalue weighted by molar-refractivity contribution is 0.235. The number of nitrogens with two attached hydrogens (primary N) is 1. The van der Waals surface area contributed by atoms with Gasteiger partial charge in [0.1, 0.15) is 0 Å². The molecule has 6 nitrogen and oxygen atoms in total. The first-order valence-corrected chi connectivity index (χ1v) is 6.18. The molecule has 0 unspecified atom stereocenters. The Morgan fingerprint density at radius 3 is 2.61 bits per heavy atom. The van der Waals surface area contributed by atoms with Gasteiger partial charge in [0, 0.05) is 24.8 Å². The predicted molar refractivity (Wildman–Crippen MR) is 71.6 cm³/mol. The van der Waals surface area contributed by atoms with Crippen LogP contribution in [0.3, 0.4) is 0 Å². The summed E-state index contributed by atoms with van der Waals surface area (Å²) in [6, 6.07) is 2.66. The van der Waals surface area contributed by atoms with Gasteiger partial charge in [-0.2, -0.15) is 5.10 Å². The van der Waals surface area contributed by atoms with Crippen molar-refractivity contribution in [2.45, 2.75) is 46.3 Å². The van der Waals surface area contributed by atoms with Crippen LogP contribution >= 0.6 is 0 Å². The molecule has 0 aliphatic carbocycles. The molecule has 0 atom stereocenters. The van der Waals surface area contributed by atoms with E-state index >= 15 is 0 Å². The van der Waals surface area contributed by atoms with Crippen LogP contribution in [0.4, 0.5) is 0 Å². The smallest absolute Gasteiger partial charge is 0.153 e. The SMILES string of the molecule is CC(C)N(CC(N)=NO)Cc1ccn(C(C)C)n1. The quantitative estimate of drug-likeness (QED) is 0.348. The first-order chi connectivity index (χ1) is 8.43. The van der Waals surface area contributed by atoms with Crippen LogP contribution in [-0.4, -0.2) is 38.3 Å². The summed E-state index contributed by atoms with van der Waals surface area (Å²) in [7, 11) is 0. The normalized spacial score (nSPS) is 12.9. The molecule has 0 bridgehead atoms. The molecule has 0 spiro atoms. The van der Waals surface area contributed by atoms with Gasteiger partial charge in [-0.25, -0.2) is 0 Å². The van der Waals surface area contributed by atoms with Crippen molar-refractivity contribution in [1.82, 2.24) is 14.7 Å². The zero-order chi connectivity index (χ0) is 13.7. The van der Waals surface area contributed by atoms with Crippen LogP contribution in [-0.2, 0) is 6.54 Å². The van der Waals surface area contributed by atoms with Crippen LogP contribution in [0.2, 0.25) is 0 Å². The van der Waals surface area contributed by atoms with Crippen molar-refractivity contribution >= 4 is 5.84 Å². The third-order valence-electron chi connectivity index (χ3n) is 2.78. The highest BCUT2D eigenvalue weighted by molar-refractivity contribution is 5.81. The minimum atomic E-state index is 0.215. The first kappa shape index (κ1) is 14.5. The Bertz CT molecular complexity index is 397. The minimum absolute atomic E-state index is 0.215. The van der Waals surface area contributed by atoms with Crippen molar-refractivity contribution < 1.29 is 5.21 Å². The molecule has 1 rings (SSSR count). The summed E-state index contributed by atoms with van der Waals surface area (Å²) in [6.45, 7) is 9.45. The van der Waals surface area contributed by atoms with Crippen LogP contribution in [0.15, 0.2) is 17.4 Å². The maximum Gasteiger partial charge on any atom is 0.153 e. The summed E-state index contributed by atoms with van der Waals surface area (Å²) in [5.41, 5.74) is 6.54. The van der Waals surface area contributed by atoms with Crippen molar-refractivity contribution in [2.75, 3.05) is 6.54 Å². The molecule has 0 aliphatic heterocycles. The van der Waals surface area contributed by atoms with Crippen LogP contribution in [0.25, 0.3) is 0 Å². The predicted octanol–water partition coefficient (Wildman–Crippen LogP) is 1.42. The topological polar surface area (TPSA) is 79.7 Å². The molecule has 0 saturated carbocycles. The van der Waals surface area contributed by atoms with Gasteiger partial charge in [-0.15, -0.1) is 0 Å². The summed E-state index contributed by atoms with van der Waals surface area (Å²) in [4.78, 5) is 2.10. The van der Waals surface area contributed by atoms with Gasteiger partial charge in [-0.1, -0.05) is 5.16 Å². The van der Waals surface area contributed by atoms with E-state index in [4.69, 9.17) is 10.9 Å². The fourth-order valence-corrected chi connectivity index (χ4v) is 1.62. The summed E-state index contributed by atoms with van der Waals surface area (Å²) in [5.74, 6) is 0.215. The molecule has 0 fully saturated rings. The van der Waals surface area contributed by atoms with Gasteiger partial charge in [-0.3, -0.25) is 9.58 Å². The molecule has 0 saturated heterocycles. The van der Waals surface area contributed by atoms with E-state index in [1.807, 2.05) is 16.9 Å². The maximum atomic E-state index is 8.62. The lowest BCUT2D eigenvalue weighted by Crippen LogP contribution is -2.38. The Morgan fingerprint density at radius 1 is 1.50 bits per heavy atom. The van der Waals surface area contributed by atoms with Gasteiger partial charge in [0.05, 0.1) is 12.2 Å². The Morgan fingerprint density at radius 2 is 2.17 bits per heavy atom. The second kappa shape index (κ2) is 6.39. The van der Waals surface area contributed by atoms with E-state index in [0.717, 1.165) is 5.69 Å². The number of rotatable bonds is 6. The molecule has 102 valence electrons. The Hall–Kier alpha value is -1.56. The van der Waals surface area contributed by atoms with E-state index in [-0.39, 0.29) is 5.84 Å². The Balaban J connectivity index is 2.70. The lowest BCUT2D eigenvalue weighted by atomic mass is 10.3. The minimum Gasteiger partial charge on any atom is -0.409 e. The van der Waals surface area contributed by atoms with Crippen molar-refractivity contribution in [1.29, 1.82) is 0 Å². The van der Waals surface area contributed by atoms with Crippen molar-refractivity contribution in [3.63, 3.8) is 0 Å². The fourth-order valence-electron chi connectivity index (χ4n) is 1.62. The lowest BCUT2D eigenvalue weighted by Gasteiger charge is -2.24. The summed E-state index contributed by atoms with van der Waals surface area (Å²) in [5, 5.41) is 16.1. The molecule has 1 aromatic rings. The average Bonchev–Trinajstić information content (AvgIpc) is 2.76. The number of amidine groups is 1. The number of nitrogens with zero attached hydrogens (tertiary/aromatic N) is 4. The third kappa shape index (κ3) is 4.03. The van der Waals surface area contributed by atoms with E-state index in [9.17, 15) is 0 Å². The van der Waals surface area contributed by atoms with E-state index in [1.54, 1.807) is 0 Å². The number of hydrogen-bond acceptors (Lipinski definition) is 4. The number of hydrogen-bond donors (Lipinski definition) is 2. The summed E-state index contributed by atoms with van der Waals surface area (Å²) in [6.07, 6.45) is 1.97. The maximum absolute atomic E-state index is 8.62. The van der Waals surface area contributed by atoms with Crippen LogP contribution in [0.5, 0.6) is 0 Å². The second-order valence-corrected chi connectivity index (χ2v) is 4.97. The summed E-state index contributed by atoms with van der Waals surface area (Å²) < 4.78 is 1.93. The molecule has 18 heavy (non-hydrogen) atoms. The van der Waals surface area contributed by atoms with Gasteiger partial charge in [0.2, 0.25) is 0 Å². The molecular formula is C12H23N5O. The Labute approximate surface area is 108 Å². The third-order valence-corrected chi connectivity index (χ3v) is 2.78. The van der Waals surface area contributed by atoms with E-state index in [0.29, 0.717) is 25.2 Å². The van der Waals surface area contributed by atoms with Gasteiger partial charge in [0.15, 0.2) is 5.84 Å². The highest BCUT2D eigenvalue weighted by Crippen LogP contribution is 2.09. The van der Waals surface area contributed by atoms with Crippen molar-refractivity contribution in [2.24, 2.45) is 10.9 Å². The van der Waals surface area contributed by atoms with Gasteiger partial charge in [-0.05, 0) is 33.8 Å². The van der Waals surface area contributed by atoms with Gasteiger partial charge < -0.3 is 10.9 Å². The standard InChI is InChI=1S/C12H23N5O/c1-9(2)16(8-12(13)15-18)7-11-5-6-17(14-11)10(3)4/h5-6,9-10,18H,7-8H2,1-4H3,(H2,13,15). The van der Waals surface area contributed by atoms with Crippen LogP contribution < -0.4 is 5.73 Å². The molecular weight excluding hydrogens is 230 g/mol. The number of oxime groups is 1. The zero-order valence-electron chi connectivity index (χ0n) is 11.5. The second-order valence-electron chi connectivity index (χ2n) is 4.97. The Kier molecular flexibility index (Phi) is 5.15. The molecule has 0 amide bonds. The largest absolute Gasteiger partial charge is 0.409 e. The van der Waals surface area contributed by atoms with Crippen molar-refractivity contribution in [3.8, 4) is 0 Å².